The number of carbonyl (C=O) groups is 3. The zero-order chi connectivity index (χ0) is 15.4. The zero-order valence-electron chi connectivity index (χ0n) is 12.2. The van der Waals surface area contributed by atoms with E-state index in [-0.39, 0.29) is 24.1 Å². The van der Waals surface area contributed by atoms with E-state index in [0.29, 0.717) is 6.42 Å². The van der Waals surface area contributed by atoms with Gasteiger partial charge in [0.15, 0.2) is 18.8 Å². The fourth-order valence-corrected chi connectivity index (χ4v) is 2.91. The molecule has 7 heteroatoms. The van der Waals surface area contributed by atoms with Crippen LogP contribution < -0.4 is 0 Å². The third-order valence-corrected chi connectivity index (χ3v) is 3.98. The molecule has 7 nitrogen and oxygen atoms in total. The Morgan fingerprint density at radius 2 is 2.00 bits per heavy atom. The van der Waals surface area contributed by atoms with Gasteiger partial charge in [-0.1, -0.05) is 0 Å². The molecule has 0 spiro atoms. The van der Waals surface area contributed by atoms with E-state index in [1.165, 1.54) is 0 Å². The van der Waals surface area contributed by atoms with Crippen molar-refractivity contribution in [3.8, 4) is 0 Å². The number of ether oxygens (including phenoxy) is 4. The molecule has 0 radical (unpaired) electrons. The molecule has 2 bridgehead atoms. The van der Waals surface area contributed by atoms with Crippen LogP contribution in [0, 0.1) is 11.3 Å². The van der Waals surface area contributed by atoms with Crippen molar-refractivity contribution in [2.45, 2.75) is 51.6 Å². The molecule has 0 aromatic carbocycles. The Hall–Kier alpha value is -1.63. The van der Waals surface area contributed by atoms with Gasteiger partial charge in [0, 0.05) is 0 Å². The average Bonchev–Trinajstić information content (AvgIpc) is 2.99. The molecular weight excluding hydrogens is 280 g/mol. The lowest BCUT2D eigenvalue weighted by Crippen LogP contribution is -2.41. The van der Waals surface area contributed by atoms with Crippen molar-refractivity contribution in [1.29, 1.82) is 0 Å². The quantitative estimate of drug-likeness (QED) is 0.543. The van der Waals surface area contributed by atoms with Gasteiger partial charge in [0.2, 0.25) is 0 Å². The highest BCUT2D eigenvalue weighted by molar-refractivity contribution is 5.80. The molecule has 116 valence electrons. The molecule has 0 N–H and O–H groups in total. The standard InChI is InChI=1S/C14H18O7/c1-14(2,3)13(17)18-5-8(15)20-10-7-4-6-9(19-7)11(10)21-12(6)16/h6-7,9-11H,4-5H2,1-3H3. The Morgan fingerprint density at radius 1 is 1.29 bits per heavy atom. The molecule has 5 atom stereocenters. The molecule has 0 aromatic heterocycles. The van der Waals surface area contributed by atoms with Crippen molar-refractivity contribution in [2.24, 2.45) is 11.3 Å². The topological polar surface area (TPSA) is 88.1 Å². The smallest absolute Gasteiger partial charge is 0.344 e. The number of rotatable bonds is 3. The van der Waals surface area contributed by atoms with Crippen molar-refractivity contribution >= 4 is 17.9 Å². The molecule has 0 saturated carbocycles. The molecule has 3 fully saturated rings. The van der Waals surface area contributed by atoms with Crippen LogP contribution in [0.3, 0.4) is 0 Å². The van der Waals surface area contributed by atoms with Gasteiger partial charge in [0.25, 0.3) is 0 Å². The maximum Gasteiger partial charge on any atom is 0.344 e. The van der Waals surface area contributed by atoms with Crippen molar-refractivity contribution < 1.29 is 33.3 Å². The van der Waals surface area contributed by atoms with Crippen LogP contribution in [-0.2, 0) is 33.3 Å². The number of carbonyl (C=O) groups excluding carboxylic acids is 3. The average molecular weight is 298 g/mol. The van der Waals surface area contributed by atoms with Gasteiger partial charge in [-0.05, 0) is 27.2 Å². The fraction of sp³-hybridized carbons (Fsp3) is 0.786. The highest BCUT2D eigenvalue weighted by Crippen LogP contribution is 2.47. The van der Waals surface area contributed by atoms with Gasteiger partial charge in [-0.2, -0.15) is 0 Å². The molecule has 3 saturated heterocycles. The summed E-state index contributed by atoms with van der Waals surface area (Å²) in [6.07, 6.45) is -1.22. The largest absolute Gasteiger partial charge is 0.455 e. The van der Waals surface area contributed by atoms with E-state index in [9.17, 15) is 14.4 Å². The highest BCUT2D eigenvalue weighted by Gasteiger charge is 2.65. The third kappa shape index (κ3) is 2.39. The minimum atomic E-state index is -0.677. The molecule has 0 aliphatic carbocycles. The van der Waals surface area contributed by atoms with Crippen molar-refractivity contribution in [3.05, 3.63) is 0 Å². The Balaban J connectivity index is 1.53. The van der Waals surface area contributed by atoms with Gasteiger partial charge in [-0.15, -0.1) is 0 Å². The molecule has 3 aliphatic heterocycles. The molecule has 5 unspecified atom stereocenters. The number of fused-ring (bicyclic) bond motifs is 1. The van der Waals surface area contributed by atoms with E-state index in [2.05, 4.69) is 0 Å². The van der Waals surface area contributed by atoms with E-state index >= 15 is 0 Å². The second-order valence-corrected chi connectivity index (χ2v) is 6.66. The maximum atomic E-state index is 11.8. The lowest BCUT2D eigenvalue weighted by Gasteiger charge is -2.22. The summed E-state index contributed by atoms with van der Waals surface area (Å²) >= 11 is 0. The van der Waals surface area contributed by atoms with Gasteiger partial charge < -0.3 is 18.9 Å². The Bertz CT molecular complexity index is 492. The Morgan fingerprint density at radius 3 is 2.67 bits per heavy atom. The number of hydrogen-bond acceptors (Lipinski definition) is 7. The van der Waals surface area contributed by atoms with E-state index in [0.717, 1.165) is 0 Å². The second-order valence-electron chi connectivity index (χ2n) is 6.66. The summed E-state index contributed by atoms with van der Waals surface area (Å²) in [6.45, 7) is 4.64. The van der Waals surface area contributed by atoms with E-state index in [1.807, 2.05) is 0 Å². The van der Waals surface area contributed by atoms with Crippen LogP contribution in [0.5, 0.6) is 0 Å². The first kappa shape index (κ1) is 14.3. The minimum absolute atomic E-state index is 0.228. The van der Waals surface area contributed by atoms with Gasteiger partial charge in [-0.25, -0.2) is 4.79 Å². The van der Waals surface area contributed by atoms with Crippen molar-refractivity contribution in [2.75, 3.05) is 6.61 Å². The summed E-state index contributed by atoms with van der Waals surface area (Å²) in [5.74, 6) is -1.65. The van der Waals surface area contributed by atoms with E-state index in [4.69, 9.17) is 18.9 Å². The maximum absolute atomic E-state index is 11.8. The number of esters is 3. The van der Waals surface area contributed by atoms with Crippen LogP contribution in [0.1, 0.15) is 27.2 Å². The van der Waals surface area contributed by atoms with Crippen LogP contribution in [0.15, 0.2) is 0 Å². The van der Waals surface area contributed by atoms with Crippen LogP contribution in [0.4, 0.5) is 0 Å². The molecule has 3 aliphatic rings. The number of hydrogen-bond donors (Lipinski definition) is 0. The summed E-state index contributed by atoms with van der Waals surface area (Å²) in [5.41, 5.74) is -0.677. The molecule has 3 rings (SSSR count). The fourth-order valence-electron chi connectivity index (χ4n) is 2.91. The lowest BCUT2D eigenvalue weighted by molar-refractivity contribution is -0.171. The molecule has 3 heterocycles. The molecule has 0 amide bonds. The predicted octanol–water partition coefficient (Wildman–Crippen LogP) is 0.200. The Labute approximate surface area is 121 Å². The summed E-state index contributed by atoms with van der Waals surface area (Å²) < 4.78 is 20.9. The van der Waals surface area contributed by atoms with E-state index < -0.39 is 36.2 Å². The molecule has 21 heavy (non-hydrogen) atoms. The molecular formula is C14H18O7. The SMILES string of the molecule is CC(C)(C)C(=O)OCC(=O)OC1C2CC3C(=O)OC1C3O2. The van der Waals surface area contributed by atoms with E-state index in [1.54, 1.807) is 20.8 Å². The van der Waals surface area contributed by atoms with Crippen LogP contribution in [0.25, 0.3) is 0 Å². The first-order valence-corrected chi connectivity index (χ1v) is 7.00. The molecule has 0 aromatic rings. The first-order valence-electron chi connectivity index (χ1n) is 7.00. The van der Waals surface area contributed by atoms with Crippen LogP contribution in [-0.4, -0.2) is 48.9 Å². The van der Waals surface area contributed by atoms with Gasteiger partial charge in [-0.3, -0.25) is 9.59 Å². The lowest BCUT2D eigenvalue weighted by atomic mass is 9.88. The summed E-state index contributed by atoms with van der Waals surface area (Å²) in [5, 5.41) is 0. The normalized spacial score (nSPS) is 36.5. The Kier molecular flexibility index (Phi) is 3.20. The monoisotopic (exact) mass is 298 g/mol. The minimum Gasteiger partial charge on any atom is -0.455 e. The summed E-state index contributed by atoms with van der Waals surface area (Å²) in [4.78, 5) is 34.9. The predicted molar refractivity (Wildman–Crippen MR) is 66.9 cm³/mol. The van der Waals surface area contributed by atoms with Crippen molar-refractivity contribution in [1.82, 2.24) is 0 Å². The third-order valence-electron chi connectivity index (χ3n) is 3.98. The van der Waals surface area contributed by atoms with Crippen LogP contribution in [0.2, 0.25) is 0 Å². The zero-order valence-corrected chi connectivity index (χ0v) is 12.2. The summed E-state index contributed by atoms with van der Waals surface area (Å²) in [6, 6.07) is 0. The van der Waals surface area contributed by atoms with Gasteiger partial charge in [0.1, 0.15) is 6.10 Å². The van der Waals surface area contributed by atoms with Gasteiger partial charge in [0.05, 0.1) is 17.4 Å². The summed E-state index contributed by atoms with van der Waals surface area (Å²) in [7, 11) is 0. The van der Waals surface area contributed by atoms with Gasteiger partial charge >= 0.3 is 17.9 Å². The highest BCUT2D eigenvalue weighted by atomic mass is 16.7. The van der Waals surface area contributed by atoms with Crippen LogP contribution >= 0.6 is 0 Å². The van der Waals surface area contributed by atoms with Crippen molar-refractivity contribution in [3.63, 3.8) is 0 Å². The second kappa shape index (κ2) is 4.69. The first-order chi connectivity index (χ1) is 9.77.